The number of aromatic nitrogens is 2. The average molecular weight is 381 g/mol. The lowest BCUT2D eigenvalue weighted by molar-refractivity contribution is 0.0580. The summed E-state index contributed by atoms with van der Waals surface area (Å²) in [5, 5.41) is 15.2. The molecule has 1 aliphatic carbocycles. The summed E-state index contributed by atoms with van der Waals surface area (Å²) in [6, 6.07) is 7.79. The van der Waals surface area contributed by atoms with Gasteiger partial charge in [-0.1, -0.05) is 6.42 Å². The van der Waals surface area contributed by atoms with Gasteiger partial charge < -0.3 is 14.7 Å². The summed E-state index contributed by atoms with van der Waals surface area (Å²) in [5.41, 5.74) is 3.63. The van der Waals surface area contributed by atoms with Gasteiger partial charge in [0.15, 0.2) is 0 Å². The van der Waals surface area contributed by atoms with Gasteiger partial charge in [-0.25, -0.2) is 0 Å². The molecule has 1 fully saturated rings. The van der Waals surface area contributed by atoms with E-state index < -0.39 is 6.10 Å². The third kappa shape index (κ3) is 3.20. The molecule has 148 valence electrons. The molecule has 28 heavy (non-hydrogen) atoms. The van der Waals surface area contributed by atoms with Crippen LogP contribution >= 0.6 is 0 Å². The second-order valence-corrected chi connectivity index (χ2v) is 8.27. The van der Waals surface area contributed by atoms with E-state index in [0.29, 0.717) is 12.5 Å². The molecule has 0 bridgehead atoms. The summed E-state index contributed by atoms with van der Waals surface area (Å²) >= 11 is 0. The van der Waals surface area contributed by atoms with Crippen molar-refractivity contribution in [3.63, 3.8) is 0 Å². The number of aliphatic hydroxyl groups is 1. The Morgan fingerprint density at radius 2 is 2.07 bits per heavy atom. The molecular weight excluding hydrogens is 354 g/mol. The number of aryl methyl sites for hydroxylation is 2. The number of fused-ring (bicyclic) bond motifs is 2. The van der Waals surface area contributed by atoms with E-state index in [1.165, 1.54) is 6.42 Å². The monoisotopic (exact) mass is 381 g/mol. The number of ether oxygens (including phenoxy) is 1. The Morgan fingerprint density at radius 1 is 1.18 bits per heavy atom. The Balaban J connectivity index is 1.35. The first-order valence-electron chi connectivity index (χ1n) is 10.5. The Labute approximate surface area is 165 Å². The minimum atomic E-state index is -0.474. The maximum absolute atomic E-state index is 13.2. The van der Waals surface area contributed by atoms with Gasteiger partial charge in [0.25, 0.3) is 5.91 Å². The van der Waals surface area contributed by atoms with Crippen LogP contribution in [0.25, 0.3) is 0 Å². The van der Waals surface area contributed by atoms with Crippen molar-refractivity contribution in [3.05, 3.63) is 46.8 Å². The molecule has 0 radical (unpaired) electrons. The third-order valence-electron chi connectivity index (χ3n) is 6.38. The lowest BCUT2D eigenvalue weighted by atomic mass is 9.80. The smallest absolute Gasteiger partial charge is 0.254 e. The first-order chi connectivity index (χ1) is 13.7. The van der Waals surface area contributed by atoms with Crippen LogP contribution in [-0.2, 0) is 19.5 Å². The number of rotatable bonds is 3. The SMILES string of the molecule is O=C(c1ccc2c(c1)CCCO2)N1CCCn2nc([C@@H](O)C3CCC3)cc2C1. The number of carbonyl (C=O) groups excluding carboxylic acids is 1. The molecule has 1 aromatic heterocycles. The molecule has 1 atom stereocenters. The predicted octanol–water partition coefficient (Wildman–Crippen LogP) is 3.09. The number of carbonyl (C=O) groups is 1. The largest absolute Gasteiger partial charge is 0.493 e. The molecule has 1 amide bonds. The van der Waals surface area contributed by atoms with Crippen molar-refractivity contribution in [1.29, 1.82) is 0 Å². The van der Waals surface area contributed by atoms with Crippen LogP contribution in [0.2, 0.25) is 0 Å². The van der Waals surface area contributed by atoms with Crippen molar-refractivity contribution < 1.29 is 14.6 Å². The van der Waals surface area contributed by atoms with Gasteiger partial charge in [-0.3, -0.25) is 9.48 Å². The van der Waals surface area contributed by atoms with Crippen molar-refractivity contribution in [2.75, 3.05) is 13.2 Å². The minimum absolute atomic E-state index is 0.0594. The summed E-state index contributed by atoms with van der Waals surface area (Å²) in [5.74, 6) is 1.31. The van der Waals surface area contributed by atoms with Gasteiger partial charge in [-0.2, -0.15) is 5.10 Å². The van der Waals surface area contributed by atoms with E-state index in [4.69, 9.17) is 4.74 Å². The van der Waals surface area contributed by atoms with Crippen molar-refractivity contribution in [1.82, 2.24) is 14.7 Å². The molecule has 1 aromatic carbocycles. The summed E-state index contributed by atoms with van der Waals surface area (Å²) in [6.45, 7) is 2.80. The zero-order valence-electron chi connectivity index (χ0n) is 16.1. The van der Waals surface area contributed by atoms with Crippen LogP contribution in [0.4, 0.5) is 0 Å². The van der Waals surface area contributed by atoms with Crippen LogP contribution in [0.5, 0.6) is 5.75 Å². The zero-order chi connectivity index (χ0) is 19.1. The lowest BCUT2D eigenvalue weighted by Crippen LogP contribution is -2.31. The topological polar surface area (TPSA) is 67.6 Å². The number of nitrogens with zero attached hydrogens (tertiary/aromatic N) is 3. The zero-order valence-corrected chi connectivity index (χ0v) is 16.1. The summed E-state index contributed by atoms with van der Waals surface area (Å²) in [6.07, 6.45) is 5.71. The summed E-state index contributed by atoms with van der Waals surface area (Å²) < 4.78 is 7.65. The highest BCUT2D eigenvalue weighted by molar-refractivity contribution is 5.94. The van der Waals surface area contributed by atoms with E-state index in [1.54, 1.807) is 0 Å². The lowest BCUT2D eigenvalue weighted by Gasteiger charge is -2.29. The van der Waals surface area contributed by atoms with Crippen LogP contribution in [-0.4, -0.2) is 38.8 Å². The molecule has 0 spiro atoms. The van der Waals surface area contributed by atoms with Gasteiger partial charge in [0, 0.05) is 18.7 Å². The fraction of sp³-hybridized carbons (Fsp3) is 0.545. The molecule has 3 heterocycles. The molecule has 2 aliphatic heterocycles. The number of aliphatic hydroxyl groups excluding tert-OH is 1. The maximum Gasteiger partial charge on any atom is 0.254 e. The molecule has 0 unspecified atom stereocenters. The molecule has 3 aliphatic rings. The van der Waals surface area contributed by atoms with E-state index in [1.807, 2.05) is 33.8 Å². The predicted molar refractivity (Wildman–Crippen MR) is 104 cm³/mol. The van der Waals surface area contributed by atoms with Crippen molar-refractivity contribution in [2.24, 2.45) is 5.92 Å². The maximum atomic E-state index is 13.2. The molecule has 1 N–H and O–H groups in total. The molecule has 1 saturated carbocycles. The second kappa shape index (κ2) is 7.24. The van der Waals surface area contributed by atoms with Crippen molar-refractivity contribution >= 4 is 5.91 Å². The Bertz CT molecular complexity index is 887. The number of amides is 1. The van der Waals surface area contributed by atoms with Crippen LogP contribution < -0.4 is 4.74 Å². The van der Waals surface area contributed by atoms with Crippen molar-refractivity contribution in [3.8, 4) is 5.75 Å². The van der Waals surface area contributed by atoms with Crippen LogP contribution in [0.1, 0.15) is 65.5 Å². The minimum Gasteiger partial charge on any atom is -0.493 e. The van der Waals surface area contributed by atoms with E-state index in [9.17, 15) is 9.90 Å². The molecule has 6 nitrogen and oxygen atoms in total. The highest BCUT2D eigenvalue weighted by Crippen LogP contribution is 2.37. The highest BCUT2D eigenvalue weighted by atomic mass is 16.5. The van der Waals surface area contributed by atoms with Gasteiger partial charge in [-0.05, 0) is 67.9 Å². The Morgan fingerprint density at radius 3 is 2.89 bits per heavy atom. The highest BCUT2D eigenvalue weighted by Gasteiger charge is 2.30. The second-order valence-electron chi connectivity index (χ2n) is 8.27. The first-order valence-corrected chi connectivity index (χ1v) is 10.5. The van der Waals surface area contributed by atoms with Crippen LogP contribution in [0.15, 0.2) is 24.3 Å². The Kier molecular flexibility index (Phi) is 4.59. The first kappa shape index (κ1) is 17.7. The fourth-order valence-corrected chi connectivity index (χ4v) is 4.48. The van der Waals surface area contributed by atoms with E-state index in [0.717, 1.165) is 80.1 Å². The normalized spacial score (nSPS) is 20.4. The molecule has 2 aromatic rings. The van der Waals surface area contributed by atoms with Crippen molar-refractivity contribution in [2.45, 2.75) is 57.7 Å². The standard InChI is InChI=1S/C22H27N3O3/c26-21(15-4-1-5-15)19-13-18-14-24(9-3-10-25(18)23-19)22(27)17-7-8-20-16(12-17)6-2-11-28-20/h7-8,12-13,15,21,26H,1-6,9-11,14H2/t21-/m0/s1. The van der Waals surface area contributed by atoms with Crippen LogP contribution in [0.3, 0.4) is 0 Å². The number of hydrogen-bond donors (Lipinski definition) is 1. The van der Waals surface area contributed by atoms with Gasteiger partial charge in [0.05, 0.1) is 24.5 Å². The summed E-state index contributed by atoms with van der Waals surface area (Å²) in [7, 11) is 0. The molecule has 0 saturated heterocycles. The molecular formula is C22H27N3O3. The van der Waals surface area contributed by atoms with Crippen LogP contribution in [0, 0.1) is 5.92 Å². The molecule has 5 rings (SSSR count). The van der Waals surface area contributed by atoms with Gasteiger partial charge in [0.1, 0.15) is 11.9 Å². The Hall–Kier alpha value is -2.34. The quantitative estimate of drug-likeness (QED) is 0.887. The fourth-order valence-electron chi connectivity index (χ4n) is 4.48. The average Bonchev–Trinajstić information content (AvgIpc) is 2.97. The van der Waals surface area contributed by atoms with Gasteiger partial charge in [0.2, 0.25) is 0 Å². The van der Waals surface area contributed by atoms with Gasteiger partial charge >= 0.3 is 0 Å². The van der Waals surface area contributed by atoms with E-state index in [-0.39, 0.29) is 5.91 Å². The third-order valence-corrected chi connectivity index (χ3v) is 6.38. The number of hydrogen-bond acceptors (Lipinski definition) is 4. The summed E-state index contributed by atoms with van der Waals surface area (Å²) in [4.78, 5) is 15.1. The molecule has 6 heteroatoms. The number of benzene rings is 1. The van der Waals surface area contributed by atoms with Gasteiger partial charge in [-0.15, -0.1) is 0 Å². The van der Waals surface area contributed by atoms with E-state index >= 15 is 0 Å². The van der Waals surface area contributed by atoms with E-state index in [2.05, 4.69) is 5.10 Å².